The van der Waals surface area contributed by atoms with Crippen molar-refractivity contribution in [1.29, 1.82) is 0 Å². The third-order valence-electron chi connectivity index (χ3n) is 2.05. The Labute approximate surface area is 152 Å². The molecule has 1 rings (SSSR count). The molecule has 0 aromatic heterocycles. The van der Waals surface area contributed by atoms with Gasteiger partial charge in [-0.05, 0) is 31.0 Å². The maximum absolute atomic E-state index is 11.5. The number of carbonyl (C=O) groups excluding carboxylic acids is 2. The SMILES string of the molecule is O=C([O-])CCCNC(=O)c1ccc(Cl)cc1O.[K+]. The van der Waals surface area contributed by atoms with Crippen LogP contribution in [0.2, 0.25) is 5.02 Å². The summed E-state index contributed by atoms with van der Waals surface area (Å²) in [7, 11) is 0. The van der Waals surface area contributed by atoms with Gasteiger partial charge in [-0.1, -0.05) is 11.6 Å². The van der Waals surface area contributed by atoms with E-state index in [9.17, 15) is 19.8 Å². The second-order valence-electron chi connectivity index (χ2n) is 3.39. The third kappa shape index (κ3) is 6.17. The van der Waals surface area contributed by atoms with Crippen LogP contribution in [0.5, 0.6) is 5.75 Å². The fourth-order valence-electron chi connectivity index (χ4n) is 1.23. The molecule has 2 N–H and O–H groups in total. The van der Waals surface area contributed by atoms with Gasteiger partial charge in [0.2, 0.25) is 0 Å². The van der Waals surface area contributed by atoms with Crippen LogP contribution in [0.4, 0.5) is 0 Å². The van der Waals surface area contributed by atoms with Crippen LogP contribution < -0.4 is 61.8 Å². The number of hydrogen-bond acceptors (Lipinski definition) is 4. The molecule has 0 unspecified atom stereocenters. The number of aromatic hydroxyl groups is 1. The zero-order valence-corrected chi connectivity index (χ0v) is 13.8. The number of rotatable bonds is 5. The van der Waals surface area contributed by atoms with Crippen molar-refractivity contribution in [2.45, 2.75) is 12.8 Å². The van der Waals surface area contributed by atoms with Gasteiger partial charge in [0.15, 0.2) is 0 Å². The van der Waals surface area contributed by atoms with E-state index >= 15 is 0 Å². The van der Waals surface area contributed by atoms with Gasteiger partial charge in [-0.2, -0.15) is 0 Å². The van der Waals surface area contributed by atoms with Crippen LogP contribution in [0.3, 0.4) is 0 Å². The number of aliphatic carboxylic acids is 1. The van der Waals surface area contributed by atoms with Crippen molar-refractivity contribution in [1.82, 2.24) is 5.32 Å². The topological polar surface area (TPSA) is 89.5 Å². The molecule has 1 aromatic rings. The van der Waals surface area contributed by atoms with E-state index < -0.39 is 11.9 Å². The molecule has 0 atom stereocenters. The second-order valence-corrected chi connectivity index (χ2v) is 3.83. The fraction of sp³-hybridized carbons (Fsp3) is 0.273. The van der Waals surface area contributed by atoms with E-state index in [0.29, 0.717) is 5.02 Å². The van der Waals surface area contributed by atoms with Gasteiger partial charge in [0.25, 0.3) is 5.91 Å². The quantitative estimate of drug-likeness (QED) is 0.457. The molecule has 92 valence electrons. The number of phenols is 1. The summed E-state index contributed by atoms with van der Waals surface area (Å²) in [6.07, 6.45) is 0.162. The number of halogens is 1. The Morgan fingerprint density at radius 2 is 2.06 bits per heavy atom. The molecule has 0 aliphatic heterocycles. The molecule has 0 spiro atoms. The van der Waals surface area contributed by atoms with Crippen LogP contribution in [0.15, 0.2) is 18.2 Å². The number of amides is 1. The molecule has 5 nitrogen and oxygen atoms in total. The van der Waals surface area contributed by atoms with Crippen molar-refractivity contribution >= 4 is 23.5 Å². The van der Waals surface area contributed by atoms with Gasteiger partial charge in [0, 0.05) is 17.5 Å². The van der Waals surface area contributed by atoms with Gasteiger partial charge in [-0.25, -0.2) is 0 Å². The largest absolute Gasteiger partial charge is 1.00 e. The number of nitrogens with one attached hydrogen (secondary N) is 1. The Balaban J connectivity index is 0.00000289. The number of carboxylic acid groups (broad SMARTS) is 1. The molecule has 0 bridgehead atoms. The van der Waals surface area contributed by atoms with Gasteiger partial charge in [0.1, 0.15) is 5.75 Å². The molecule has 0 radical (unpaired) electrons. The summed E-state index contributed by atoms with van der Waals surface area (Å²) in [6.45, 7) is 0.203. The Morgan fingerprint density at radius 3 is 2.61 bits per heavy atom. The van der Waals surface area contributed by atoms with Crippen LogP contribution in [-0.2, 0) is 4.79 Å². The van der Waals surface area contributed by atoms with Crippen molar-refractivity contribution in [3.05, 3.63) is 28.8 Å². The average Bonchev–Trinajstić information content (AvgIpc) is 2.23. The fourth-order valence-corrected chi connectivity index (χ4v) is 1.39. The van der Waals surface area contributed by atoms with Crippen molar-refractivity contribution in [2.75, 3.05) is 6.54 Å². The van der Waals surface area contributed by atoms with E-state index in [1.165, 1.54) is 18.2 Å². The molecule has 0 fully saturated rings. The molecular weight excluding hydrogens is 285 g/mol. The summed E-state index contributed by atoms with van der Waals surface area (Å²) < 4.78 is 0. The van der Waals surface area contributed by atoms with Gasteiger partial charge in [-0.15, -0.1) is 0 Å². The first-order valence-corrected chi connectivity index (χ1v) is 5.35. The van der Waals surface area contributed by atoms with Crippen LogP contribution in [-0.4, -0.2) is 23.5 Å². The zero-order valence-electron chi connectivity index (χ0n) is 9.90. The predicted octanol–water partition coefficient (Wildman–Crippen LogP) is -2.69. The van der Waals surface area contributed by atoms with Crippen LogP contribution in [0.25, 0.3) is 0 Å². The maximum atomic E-state index is 11.5. The predicted molar refractivity (Wildman–Crippen MR) is 59.7 cm³/mol. The number of hydrogen-bond donors (Lipinski definition) is 2. The molecule has 1 aromatic carbocycles. The monoisotopic (exact) mass is 295 g/mol. The number of carboxylic acids is 1. The van der Waals surface area contributed by atoms with E-state index in [2.05, 4.69) is 5.32 Å². The summed E-state index contributed by atoms with van der Waals surface area (Å²) >= 11 is 5.62. The summed E-state index contributed by atoms with van der Waals surface area (Å²) in [5.74, 6) is -1.85. The van der Waals surface area contributed by atoms with Crippen molar-refractivity contribution in [3.8, 4) is 5.75 Å². The first kappa shape index (κ1) is 17.9. The van der Waals surface area contributed by atoms with Crippen molar-refractivity contribution in [2.24, 2.45) is 0 Å². The first-order valence-electron chi connectivity index (χ1n) is 4.97. The smallest absolute Gasteiger partial charge is 0.550 e. The Bertz CT molecular complexity index is 439. The van der Waals surface area contributed by atoms with Crippen molar-refractivity contribution < 1.29 is 71.2 Å². The molecule has 0 saturated carbocycles. The van der Waals surface area contributed by atoms with Crippen molar-refractivity contribution in [3.63, 3.8) is 0 Å². The number of carbonyl (C=O) groups is 2. The Morgan fingerprint density at radius 1 is 1.39 bits per heavy atom. The summed E-state index contributed by atoms with van der Waals surface area (Å²) in [5.41, 5.74) is 0.0999. The Hall–Kier alpha value is -0.114. The van der Waals surface area contributed by atoms with Crippen LogP contribution in [0, 0.1) is 0 Å². The second kappa shape index (κ2) is 8.90. The van der Waals surface area contributed by atoms with Crippen LogP contribution >= 0.6 is 11.6 Å². The number of benzene rings is 1. The average molecular weight is 296 g/mol. The molecule has 1 amide bonds. The summed E-state index contributed by atoms with van der Waals surface area (Å²) in [6, 6.07) is 4.14. The minimum Gasteiger partial charge on any atom is -0.550 e. The van der Waals surface area contributed by atoms with E-state index in [-0.39, 0.29) is 82.1 Å². The molecule has 0 heterocycles. The molecular formula is C11H11ClKNO4. The summed E-state index contributed by atoms with van der Waals surface area (Å²) in [5, 5.41) is 22.4. The van der Waals surface area contributed by atoms with Gasteiger partial charge >= 0.3 is 51.4 Å². The normalized spacial score (nSPS) is 9.39. The van der Waals surface area contributed by atoms with Crippen LogP contribution in [0.1, 0.15) is 23.2 Å². The summed E-state index contributed by atoms with van der Waals surface area (Å²) in [4.78, 5) is 21.7. The molecule has 0 aliphatic rings. The number of phenolic OH excluding ortho intramolecular Hbond substituents is 1. The standard InChI is InChI=1S/C11H12ClNO4.K/c12-7-3-4-8(9(14)6-7)11(17)13-5-1-2-10(15)16;/h3-4,6,14H,1-2,5H2,(H,13,17)(H,15,16);/q;+1/p-1. The van der Waals surface area contributed by atoms with Gasteiger partial charge < -0.3 is 20.3 Å². The van der Waals surface area contributed by atoms with E-state index in [1.54, 1.807) is 0 Å². The third-order valence-corrected chi connectivity index (χ3v) is 2.28. The van der Waals surface area contributed by atoms with Gasteiger partial charge in [-0.3, -0.25) is 4.79 Å². The minimum absolute atomic E-state index is 0. The molecule has 18 heavy (non-hydrogen) atoms. The van der Waals surface area contributed by atoms with Gasteiger partial charge in [0.05, 0.1) is 5.56 Å². The maximum Gasteiger partial charge on any atom is 1.00 e. The zero-order chi connectivity index (χ0) is 12.8. The first-order chi connectivity index (χ1) is 8.00. The molecule has 7 heteroatoms. The molecule has 0 saturated heterocycles. The van der Waals surface area contributed by atoms with E-state index in [4.69, 9.17) is 11.6 Å². The minimum atomic E-state index is -1.16. The Kier molecular flexibility index (Phi) is 8.84. The van der Waals surface area contributed by atoms with E-state index in [0.717, 1.165) is 0 Å². The van der Waals surface area contributed by atoms with E-state index in [1.807, 2.05) is 0 Å². The molecule has 0 aliphatic carbocycles.